The summed E-state index contributed by atoms with van der Waals surface area (Å²) in [5.74, 6) is -0.999. The number of thiocarbonyl (C=S) groups is 1. The standard InChI is InChI=1S/C18H19BrN2O4S2/c1-4-24-16(22)13-10(3)14(17(23)25-5-2)27-15(13)21-18(26)20-12-8-6-11(19)7-9-12/h6-9H,4-5H2,1-3H3,(H2,20,21,26). The second kappa shape index (κ2) is 9.82. The lowest BCUT2D eigenvalue weighted by atomic mass is 10.1. The van der Waals surface area contributed by atoms with E-state index in [1.807, 2.05) is 24.3 Å². The number of carbonyl (C=O) groups excluding carboxylic acids is 2. The van der Waals surface area contributed by atoms with Crippen LogP contribution >= 0.6 is 39.5 Å². The van der Waals surface area contributed by atoms with Crippen molar-refractivity contribution in [3.63, 3.8) is 0 Å². The van der Waals surface area contributed by atoms with Crippen LogP contribution in [0.4, 0.5) is 10.7 Å². The average molecular weight is 471 g/mol. The molecule has 1 aromatic carbocycles. The molecule has 0 amide bonds. The molecule has 0 saturated heterocycles. The fraction of sp³-hybridized carbons (Fsp3) is 0.278. The molecule has 0 unspecified atom stereocenters. The summed E-state index contributed by atoms with van der Waals surface area (Å²) in [6.45, 7) is 5.61. The average Bonchev–Trinajstić information content (AvgIpc) is 2.93. The Morgan fingerprint density at radius 1 is 1.07 bits per heavy atom. The molecule has 6 nitrogen and oxygen atoms in total. The van der Waals surface area contributed by atoms with Gasteiger partial charge < -0.3 is 20.1 Å². The zero-order chi connectivity index (χ0) is 20.0. The minimum atomic E-state index is -0.518. The smallest absolute Gasteiger partial charge is 0.348 e. The minimum absolute atomic E-state index is 0.226. The van der Waals surface area contributed by atoms with Gasteiger partial charge in [-0.1, -0.05) is 15.9 Å². The maximum absolute atomic E-state index is 12.4. The molecule has 0 aliphatic rings. The lowest BCUT2D eigenvalue weighted by Crippen LogP contribution is -2.20. The van der Waals surface area contributed by atoms with Crippen molar-refractivity contribution >= 4 is 67.2 Å². The van der Waals surface area contributed by atoms with E-state index in [-0.39, 0.29) is 18.8 Å². The highest BCUT2D eigenvalue weighted by Gasteiger charge is 2.26. The lowest BCUT2D eigenvalue weighted by Gasteiger charge is -2.11. The molecule has 27 heavy (non-hydrogen) atoms. The molecule has 2 aromatic rings. The quantitative estimate of drug-likeness (QED) is 0.455. The van der Waals surface area contributed by atoms with Gasteiger partial charge in [-0.2, -0.15) is 0 Å². The van der Waals surface area contributed by atoms with E-state index in [2.05, 4.69) is 26.6 Å². The third kappa shape index (κ3) is 5.50. The number of thiophene rings is 1. The van der Waals surface area contributed by atoms with E-state index in [1.165, 1.54) is 0 Å². The highest BCUT2D eigenvalue weighted by atomic mass is 79.9. The van der Waals surface area contributed by atoms with Crippen LogP contribution in [0.5, 0.6) is 0 Å². The van der Waals surface area contributed by atoms with Crippen molar-refractivity contribution in [2.24, 2.45) is 0 Å². The minimum Gasteiger partial charge on any atom is -0.462 e. The van der Waals surface area contributed by atoms with Gasteiger partial charge >= 0.3 is 11.9 Å². The first kappa shape index (κ1) is 21.3. The zero-order valence-electron chi connectivity index (χ0n) is 15.1. The Balaban J connectivity index is 2.28. The van der Waals surface area contributed by atoms with Crippen molar-refractivity contribution in [2.45, 2.75) is 20.8 Å². The van der Waals surface area contributed by atoms with Crippen molar-refractivity contribution in [1.29, 1.82) is 0 Å². The van der Waals surface area contributed by atoms with E-state index in [1.54, 1.807) is 20.8 Å². The largest absolute Gasteiger partial charge is 0.462 e. The summed E-state index contributed by atoms with van der Waals surface area (Å²) >= 11 is 9.82. The molecule has 0 saturated carbocycles. The predicted octanol–water partition coefficient (Wildman–Crippen LogP) is 4.98. The molecule has 1 aromatic heterocycles. The number of anilines is 2. The normalized spacial score (nSPS) is 10.2. The van der Waals surface area contributed by atoms with Gasteiger partial charge in [-0.05, 0) is 62.8 Å². The SMILES string of the molecule is CCOC(=O)c1sc(NC(=S)Nc2ccc(Br)cc2)c(C(=O)OCC)c1C. The molecule has 0 atom stereocenters. The summed E-state index contributed by atoms with van der Waals surface area (Å²) in [5.41, 5.74) is 1.57. The molecule has 2 N–H and O–H groups in total. The number of benzene rings is 1. The predicted molar refractivity (Wildman–Crippen MR) is 115 cm³/mol. The molecule has 0 spiro atoms. The van der Waals surface area contributed by atoms with Crippen LogP contribution in [0.1, 0.15) is 39.4 Å². The number of esters is 2. The van der Waals surface area contributed by atoms with Crippen molar-refractivity contribution in [2.75, 3.05) is 23.8 Å². The molecule has 0 radical (unpaired) electrons. The molecule has 144 valence electrons. The molecular weight excluding hydrogens is 452 g/mol. The summed E-state index contributed by atoms with van der Waals surface area (Å²) in [6.07, 6.45) is 0. The highest BCUT2D eigenvalue weighted by Crippen LogP contribution is 2.34. The first-order chi connectivity index (χ1) is 12.9. The third-order valence-electron chi connectivity index (χ3n) is 3.42. The molecule has 9 heteroatoms. The van der Waals surface area contributed by atoms with Crippen LogP contribution in [0.25, 0.3) is 0 Å². The van der Waals surface area contributed by atoms with E-state index < -0.39 is 11.9 Å². The van der Waals surface area contributed by atoms with Gasteiger partial charge in [-0.3, -0.25) is 0 Å². The van der Waals surface area contributed by atoms with Gasteiger partial charge in [-0.15, -0.1) is 11.3 Å². The van der Waals surface area contributed by atoms with Crippen LogP contribution in [0.15, 0.2) is 28.7 Å². The van der Waals surface area contributed by atoms with Gasteiger partial charge in [0.15, 0.2) is 5.11 Å². The summed E-state index contributed by atoms with van der Waals surface area (Å²) < 4.78 is 11.1. The Bertz CT molecular complexity index is 850. The van der Waals surface area contributed by atoms with Crippen LogP contribution < -0.4 is 10.6 Å². The third-order valence-corrected chi connectivity index (χ3v) is 5.34. The van der Waals surface area contributed by atoms with E-state index in [4.69, 9.17) is 21.7 Å². The zero-order valence-corrected chi connectivity index (χ0v) is 18.3. The second-order valence-electron chi connectivity index (χ2n) is 5.29. The molecule has 2 rings (SSSR count). The summed E-state index contributed by atoms with van der Waals surface area (Å²) in [4.78, 5) is 24.9. The Hall–Kier alpha value is -1.97. The summed E-state index contributed by atoms with van der Waals surface area (Å²) in [7, 11) is 0. The van der Waals surface area contributed by atoms with E-state index in [9.17, 15) is 9.59 Å². The van der Waals surface area contributed by atoms with Crippen LogP contribution in [-0.2, 0) is 9.47 Å². The van der Waals surface area contributed by atoms with E-state index >= 15 is 0 Å². The van der Waals surface area contributed by atoms with Crippen LogP contribution in [0, 0.1) is 6.92 Å². The molecule has 0 bridgehead atoms. The van der Waals surface area contributed by atoms with Gasteiger partial charge in [0.05, 0.1) is 18.8 Å². The van der Waals surface area contributed by atoms with E-state index in [0.29, 0.717) is 20.6 Å². The van der Waals surface area contributed by atoms with Crippen molar-refractivity contribution in [3.8, 4) is 0 Å². The van der Waals surface area contributed by atoms with Crippen LogP contribution in [0.2, 0.25) is 0 Å². The van der Waals surface area contributed by atoms with E-state index in [0.717, 1.165) is 21.5 Å². The summed E-state index contributed by atoms with van der Waals surface area (Å²) in [5, 5.41) is 6.75. The van der Waals surface area contributed by atoms with Crippen molar-refractivity contribution in [1.82, 2.24) is 0 Å². The second-order valence-corrected chi connectivity index (χ2v) is 7.63. The fourth-order valence-electron chi connectivity index (χ4n) is 2.24. The number of hydrogen-bond acceptors (Lipinski definition) is 6. The lowest BCUT2D eigenvalue weighted by molar-refractivity contribution is 0.0527. The summed E-state index contributed by atoms with van der Waals surface area (Å²) in [6, 6.07) is 7.47. The van der Waals surface area contributed by atoms with Crippen molar-refractivity contribution < 1.29 is 19.1 Å². The van der Waals surface area contributed by atoms with Gasteiger partial charge in [0.2, 0.25) is 0 Å². The first-order valence-corrected chi connectivity index (χ1v) is 10.2. The molecule has 0 fully saturated rings. The Labute approximate surface area is 175 Å². The number of ether oxygens (including phenoxy) is 2. The topological polar surface area (TPSA) is 76.7 Å². The maximum atomic E-state index is 12.4. The van der Waals surface area contributed by atoms with Gasteiger partial charge in [0.25, 0.3) is 0 Å². The van der Waals surface area contributed by atoms with Gasteiger partial charge in [0, 0.05) is 10.2 Å². The number of carbonyl (C=O) groups is 2. The van der Waals surface area contributed by atoms with Gasteiger partial charge in [0.1, 0.15) is 9.88 Å². The molecular formula is C18H19BrN2O4S2. The Kier molecular flexibility index (Phi) is 7.76. The number of hydrogen-bond donors (Lipinski definition) is 2. The maximum Gasteiger partial charge on any atom is 0.348 e. The highest BCUT2D eigenvalue weighted by molar-refractivity contribution is 9.10. The number of nitrogens with one attached hydrogen (secondary N) is 2. The number of rotatable bonds is 6. The monoisotopic (exact) mass is 470 g/mol. The Morgan fingerprint density at radius 2 is 1.67 bits per heavy atom. The van der Waals surface area contributed by atoms with Crippen LogP contribution in [-0.4, -0.2) is 30.3 Å². The van der Waals surface area contributed by atoms with Crippen LogP contribution in [0.3, 0.4) is 0 Å². The fourth-order valence-corrected chi connectivity index (χ4v) is 3.88. The molecule has 1 heterocycles. The molecule has 0 aliphatic carbocycles. The Morgan fingerprint density at radius 3 is 2.26 bits per heavy atom. The van der Waals surface area contributed by atoms with Crippen molar-refractivity contribution in [3.05, 3.63) is 44.7 Å². The van der Waals surface area contributed by atoms with Gasteiger partial charge in [-0.25, -0.2) is 9.59 Å². The first-order valence-electron chi connectivity index (χ1n) is 8.18. The molecule has 0 aliphatic heterocycles. The number of halogens is 1.